The first-order chi connectivity index (χ1) is 6.84. The van der Waals surface area contributed by atoms with Crippen molar-refractivity contribution >= 4 is 0 Å². The highest BCUT2D eigenvalue weighted by molar-refractivity contribution is 4.76. The van der Waals surface area contributed by atoms with E-state index in [0.29, 0.717) is 6.54 Å². The lowest BCUT2D eigenvalue weighted by molar-refractivity contribution is 0.191. The predicted octanol–water partition coefficient (Wildman–Crippen LogP) is 1.52. The molecule has 2 saturated heterocycles. The van der Waals surface area contributed by atoms with Crippen LogP contribution in [0.25, 0.3) is 0 Å². The van der Waals surface area contributed by atoms with Crippen LogP contribution in [0, 0.1) is 0 Å². The van der Waals surface area contributed by atoms with Crippen molar-refractivity contribution < 1.29 is 4.39 Å². The van der Waals surface area contributed by atoms with Crippen molar-refractivity contribution in [3.63, 3.8) is 0 Å². The molecular formula is C11H21FN2. The van der Waals surface area contributed by atoms with Crippen molar-refractivity contribution in [3.05, 3.63) is 0 Å². The van der Waals surface area contributed by atoms with Crippen LogP contribution in [0.3, 0.4) is 0 Å². The van der Waals surface area contributed by atoms with E-state index >= 15 is 0 Å². The fourth-order valence-electron chi connectivity index (χ4n) is 2.45. The first-order valence-corrected chi connectivity index (χ1v) is 5.93. The zero-order chi connectivity index (χ0) is 9.80. The second-order valence-electron chi connectivity index (χ2n) is 4.59. The van der Waals surface area contributed by atoms with Crippen LogP contribution in [0.1, 0.15) is 25.7 Å². The molecule has 2 rings (SSSR count). The second kappa shape index (κ2) is 5.08. The molecule has 2 aliphatic heterocycles. The zero-order valence-electron chi connectivity index (χ0n) is 8.92. The topological polar surface area (TPSA) is 6.48 Å². The maximum Gasteiger partial charge on any atom is 0.114 e. The van der Waals surface area contributed by atoms with E-state index in [1.807, 2.05) is 0 Å². The third kappa shape index (κ3) is 2.92. The number of alkyl halides is 1. The molecular weight excluding hydrogens is 179 g/mol. The average molecular weight is 200 g/mol. The fraction of sp³-hybridized carbons (Fsp3) is 1.00. The Bertz CT molecular complexity index is 164. The zero-order valence-corrected chi connectivity index (χ0v) is 8.92. The van der Waals surface area contributed by atoms with E-state index in [0.717, 1.165) is 26.1 Å². The van der Waals surface area contributed by atoms with Crippen LogP contribution in [0.15, 0.2) is 0 Å². The minimum absolute atomic E-state index is 0.559. The first-order valence-electron chi connectivity index (χ1n) is 5.93. The van der Waals surface area contributed by atoms with Crippen LogP contribution in [0.5, 0.6) is 0 Å². The minimum Gasteiger partial charge on any atom is -0.302 e. The van der Waals surface area contributed by atoms with Crippen molar-refractivity contribution in [3.8, 4) is 0 Å². The van der Waals surface area contributed by atoms with E-state index in [-0.39, 0.29) is 0 Å². The van der Waals surface area contributed by atoms with E-state index in [1.165, 1.54) is 32.4 Å². The SMILES string of the molecule is F[C@H]1CCN(CCN2CCCCC2)C1. The maximum atomic E-state index is 12.9. The van der Waals surface area contributed by atoms with Gasteiger partial charge in [0.05, 0.1) is 0 Å². The van der Waals surface area contributed by atoms with Crippen LogP contribution in [0.4, 0.5) is 4.39 Å². The largest absolute Gasteiger partial charge is 0.302 e. The first kappa shape index (κ1) is 10.4. The van der Waals surface area contributed by atoms with Gasteiger partial charge in [0.2, 0.25) is 0 Å². The number of hydrogen-bond acceptors (Lipinski definition) is 2. The standard InChI is InChI=1S/C11H21FN2/c12-11-4-7-14(10-11)9-8-13-5-2-1-3-6-13/h11H,1-10H2/t11-/m0/s1. The van der Waals surface area contributed by atoms with E-state index in [1.54, 1.807) is 0 Å². The molecule has 0 N–H and O–H groups in total. The summed E-state index contributed by atoms with van der Waals surface area (Å²) in [5, 5.41) is 0. The Morgan fingerprint density at radius 3 is 2.29 bits per heavy atom. The molecule has 0 bridgehead atoms. The number of piperidine rings is 1. The predicted molar refractivity (Wildman–Crippen MR) is 56.2 cm³/mol. The van der Waals surface area contributed by atoms with Crippen molar-refractivity contribution in [2.75, 3.05) is 39.3 Å². The number of nitrogens with zero attached hydrogens (tertiary/aromatic N) is 2. The molecule has 3 heteroatoms. The summed E-state index contributed by atoms with van der Waals surface area (Å²) in [7, 11) is 0. The molecule has 0 radical (unpaired) electrons. The molecule has 14 heavy (non-hydrogen) atoms. The van der Waals surface area contributed by atoms with Crippen LogP contribution < -0.4 is 0 Å². The van der Waals surface area contributed by atoms with Gasteiger partial charge >= 0.3 is 0 Å². The summed E-state index contributed by atoms with van der Waals surface area (Å²) in [6, 6.07) is 0. The highest BCUT2D eigenvalue weighted by atomic mass is 19.1. The maximum absolute atomic E-state index is 12.9. The van der Waals surface area contributed by atoms with E-state index < -0.39 is 6.17 Å². The fourth-order valence-corrected chi connectivity index (χ4v) is 2.45. The Kier molecular flexibility index (Phi) is 3.76. The van der Waals surface area contributed by atoms with Crippen molar-refractivity contribution in [1.82, 2.24) is 9.80 Å². The third-order valence-corrected chi connectivity index (χ3v) is 3.40. The number of rotatable bonds is 3. The average Bonchev–Trinajstić information content (AvgIpc) is 2.63. The van der Waals surface area contributed by atoms with Crippen LogP contribution >= 0.6 is 0 Å². The smallest absolute Gasteiger partial charge is 0.114 e. The van der Waals surface area contributed by atoms with E-state index in [2.05, 4.69) is 9.80 Å². The summed E-state index contributed by atoms with van der Waals surface area (Å²) in [5.74, 6) is 0. The van der Waals surface area contributed by atoms with Gasteiger partial charge in [0, 0.05) is 26.2 Å². The van der Waals surface area contributed by atoms with Gasteiger partial charge in [-0.3, -0.25) is 4.90 Å². The van der Waals surface area contributed by atoms with Gasteiger partial charge < -0.3 is 4.90 Å². The third-order valence-electron chi connectivity index (χ3n) is 3.40. The Labute approximate surface area is 86.1 Å². The molecule has 0 aromatic rings. The summed E-state index contributed by atoms with van der Waals surface area (Å²) < 4.78 is 12.9. The molecule has 0 aromatic heterocycles. The van der Waals surface area contributed by atoms with E-state index in [4.69, 9.17) is 0 Å². The van der Waals surface area contributed by atoms with Gasteiger partial charge in [-0.1, -0.05) is 6.42 Å². The molecule has 0 aromatic carbocycles. The highest BCUT2D eigenvalue weighted by Gasteiger charge is 2.21. The van der Waals surface area contributed by atoms with Gasteiger partial charge in [-0.2, -0.15) is 0 Å². The molecule has 0 amide bonds. The number of likely N-dealkylation sites (tertiary alicyclic amines) is 2. The summed E-state index contributed by atoms with van der Waals surface area (Å²) in [5.41, 5.74) is 0. The lowest BCUT2D eigenvalue weighted by atomic mass is 10.1. The number of hydrogen-bond donors (Lipinski definition) is 0. The van der Waals surface area contributed by atoms with Gasteiger partial charge in [-0.15, -0.1) is 0 Å². The molecule has 0 saturated carbocycles. The molecule has 1 atom stereocenters. The lowest BCUT2D eigenvalue weighted by Crippen LogP contribution is -2.37. The summed E-state index contributed by atoms with van der Waals surface area (Å²) >= 11 is 0. The number of halogens is 1. The van der Waals surface area contributed by atoms with Gasteiger partial charge in [0.25, 0.3) is 0 Å². The molecule has 82 valence electrons. The lowest BCUT2D eigenvalue weighted by Gasteiger charge is -2.28. The molecule has 0 spiro atoms. The van der Waals surface area contributed by atoms with Crippen LogP contribution in [-0.2, 0) is 0 Å². The van der Waals surface area contributed by atoms with Crippen molar-refractivity contribution in [2.45, 2.75) is 31.9 Å². The Hall–Kier alpha value is -0.150. The van der Waals surface area contributed by atoms with Gasteiger partial charge in [-0.25, -0.2) is 4.39 Å². The van der Waals surface area contributed by atoms with Crippen LogP contribution in [0.2, 0.25) is 0 Å². The molecule has 2 heterocycles. The Morgan fingerprint density at radius 1 is 0.929 bits per heavy atom. The van der Waals surface area contributed by atoms with Gasteiger partial charge in [0.1, 0.15) is 6.17 Å². The quantitative estimate of drug-likeness (QED) is 0.681. The second-order valence-corrected chi connectivity index (χ2v) is 4.59. The molecule has 2 aliphatic rings. The molecule has 0 aliphatic carbocycles. The summed E-state index contributed by atoms with van der Waals surface area (Å²) in [6.45, 7) is 6.37. The van der Waals surface area contributed by atoms with E-state index in [9.17, 15) is 4.39 Å². The normalized spacial score (nSPS) is 31.1. The highest BCUT2D eigenvalue weighted by Crippen LogP contribution is 2.13. The summed E-state index contributed by atoms with van der Waals surface area (Å²) in [6.07, 6.45) is 4.29. The Morgan fingerprint density at radius 2 is 1.64 bits per heavy atom. The Balaban J connectivity index is 1.61. The molecule has 2 nitrogen and oxygen atoms in total. The van der Waals surface area contributed by atoms with Gasteiger partial charge in [-0.05, 0) is 32.4 Å². The molecule has 0 unspecified atom stereocenters. The van der Waals surface area contributed by atoms with Crippen molar-refractivity contribution in [1.29, 1.82) is 0 Å². The monoisotopic (exact) mass is 200 g/mol. The minimum atomic E-state index is -0.559. The van der Waals surface area contributed by atoms with Crippen molar-refractivity contribution in [2.24, 2.45) is 0 Å². The summed E-state index contributed by atoms with van der Waals surface area (Å²) in [4.78, 5) is 4.79. The molecule has 2 fully saturated rings. The van der Waals surface area contributed by atoms with Gasteiger partial charge in [0.15, 0.2) is 0 Å². The van der Waals surface area contributed by atoms with Crippen LogP contribution in [-0.4, -0.2) is 55.2 Å².